The molecule has 2 saturated heterocycles. The molecule has 0 spiro atoms. The number of rotatable bonds is 10. The molecule has 2 heterocycles. The van der Waals surface area contributed by atoms with Gasteiger partial charge < -0.3 is 75.1 Å². The van der Waals surface area contributed by atoms with Crippen LogP contribution in [0.1, 0.15) is 17.5 Å². The minimum atomic E-state index is -1.04. The van der Waals surface area contributed by atoms with Crippen LogP contribution in [0.5, 0.6) is 23.0 Å². The summed E-state index contributed by atoms with van der Waals surface area (Å²) in [7, 11) is 3.97. The third kappa shape index (κ3) is 14.1. The first-order chi connectivity index (χ1) is 22.5. The molecule has 2 aliphatic heterocycles. The zero-order valence-electron chi connectivity index (χ0n) is 27.0. The Balaban J connectivity index is 0.000000427. The van der Waals surface area contributed by atoms with E-state index in [1.165, 1.54) is 14.2 Å². The van der Waals surface area contributed by atoms with Crippen LogP contribution in [0.15, 0.2) is 36.4 Å². The summed E-state index contributed by atoms with van der Waals surface area (Å²) in [5.41, 5.74) is 1.81. The predicted molar refractivity (Wildman–Crippen MR) is 168 cm³/mol. The molecule has 0 bridgehead atoms. The Morgan fingerprint density at radius 2 is 1.15 bits per heavy atom. The van der Waals surface area contributed by atoms with Crippen molar-refractivity contribution in [1.82, 2.24) is 0 Å². The Hall–Kier alpha value is -2.80. The van der Waals surface area contributed by atoms with Gasteiger partial charge in [-0.25, -0.2) is 0 Å². The van der Waals surface area contributed by atoms with E-state index in [0.717, 1.165) is 18.2 Å². The van der Waals surface area contributed by atoms with E-state index < -0.39 is 36.6 Å². The number of hydrogen-bond acceptors (Lipinski definition) is 15. The Labute approximate surface area is 274 Å². The number of methoxy groups -OCH3 is 2. The normalized spacial score (nSPS) is 24.9. The van der Waals surface area contributed by atoms with Gasteiger partial charge in [-0.2, -0.15) is 0 Å². The molecule has 2 fully saturated rings. The molecule has 11 N–H and O–H groups in total. The molecule has 4 rings (SSSR count). The molecule has 7 atom stereocenters. The quantitative estimate of drug-likeness (QED) is 0.134. The van der Waals surface area contributed by atoms with Crippen molar-refractivity contribution in [1.29, 1.82) is 0 Å². The average Bonchev–Trinajstić information content (AvgIpc) is 3.08. The molecule has 5 unspecified atom stereocenters. The average molecular weight is 677 g/mol. The molecule has 2 aromatic rings. The molecule has 0 amide bonds. The fourth-order valence-electron chi connectivity index (χ4n) is 4.85. The molecule has 0 radical (unpaired) electrons. The second kappa shape index (κ2) is 22.7. The van der Waals surface area contributed by atoms with Crippen LogP contribution in [0, 0.1) is 11.8 Å². The second-order valence-corrected chi connectivity index (χ2v) is 11.0. The highest BCUT2D eigenvalue weighted by atomic mass is 16.5. The van der Waals surface area contributed by atoms with Crippen molar-refractivity contribution in [3.8, 4) is 23.0 Å². The zero-order valence-corrected chi connectivity index (χ0v) is 27.0. The van der Waals surface area contributed by atoms with E-state index in [-0.39, 0.29) is 63.0 Å². The highest BCUT2D eigenvalue weighted by Crippen LogP contribution is 2.31. The van der Waals surface area contributed by atoms with Crippen molar-refractivity contribution in [3.63, 3.8) is 0 Å². The number of aliphatic hydroxyl groups excluding tert-OH is 9. The summed E-state index contributed by atoms with van der Waals surface area (Å²) in [5.74, 6) is 0.535. The van der Waals surface area contributed by atoms with Crippen LogP contribution in [0.25, 0.3) is 0 Å². The Bertz CT molecular complexity index is 1050. The van der Waals surface area contributed by atoms with Gasteiger partial charge in [0, 0.05) is 26.7 Å². The molecule has 270 valence electrons. The van der Waals surface area contributed by atoms with E-state index in [9.17, 15) is 20.4 Å². The molecule has 2 aromatic carbocycles. The maximum absolute atomic E-state index is 9.84. The third-order valence-electron chi connectivity index (χ3n) is 7.61. The summed E-state index contributed by atoms with van der Waals surface area (Å²) >= 11 is 0. The van der Waals surface area contributed by atoms with Gasteiger partial charge in [-0.3, -0.25) is 0 Å². The van der Waals surface area contributed by atoms with E-state index in [4.69, 9.17) is 54.7 Å². The van der Waals surface area contributed by atoms with Gasteiger partial charge in [0.25, 0.3) is 0 Å². The summed E-state index contributed by atoms with van der Waals surface area (Å²) in [6.45, 7) is 0.0832. The molecule has 47 heavy (non-hydrogen) atoms. The summed E-state index contributed by atoms with van der Waals surface area (Å²) in [4.78, 5) is 0. The summed E-state index contributed by atoms with van der Waals surface area (Å²) < 4.78 is 19.8. The van der Waals surface area contributed by atoms with Gasteiger partial charge in [0.1, 0.15) is 24.4 Å². The summed E-state index contributed by atoms with van der Waals surface area (Å²) in [5, 5.41) is 99.2. The maximum Gasteiger partial charge on any atom is 0.160 e. The lowest BCUT2D eigenvalue weighted by atomic mass is 9.83. The van der Waals surface area contributed by atoms with E-state index in [1.54, 1.807) is 36.4 Å². The number of phenols is 2. The van der Waals surface area contributed by atoms with Crippen molar-refractivity contribution in [2.75, 3.05) is 61.0 Å². The lowest BCUT2D eigenvalue weighted by Gasteiger charge is -2.29. The van der Waals surface area contributed by atoms with Gasteiger partial charge in [0.05, 0.1) is 52.9 Å². The maximum atomic E-state index is 9.84. The van der Waals surface area contributed by atoms with E-state index in [2.05, 4.69) is 0 Å². The number of ether oxygens (including phenoxy) is 4. The van der Waals surface area contributed by atoms with Gasteiger partial charge in [-0.05, 0) is 60.1 Å². The largest absolute Gasteiger partial charge is 0.504 e. The van der Waals surface area contributed by atoms with Crippen molar-refractivity contribution in [2.45, 2.75) is 55.9 Å². The fraction of sp³-hybridized carbons (Fsp3) is 0.625. The van der Waals surface area contributed by atoms with Gasteiger partial charge >= 0.3 is 0 Å². The SMILES string of the molecule is CO.COc1cc(CC(CO)[C@@H](CO)Cc2ccc(O)c(OC)c2)ccc1O.OC1COCC(O)C1O.OC[C@H]1OCC(O)CC1O. The Morgan fingerprint density at radius 3 is 1.49 bits per heavy atom. The highest BCUT2D eigenvalue weighted by molar-refractivity contribution is 5.43. The lowest BCUT2D eigenvalue weighted by Crippen LogP contribution is -2.47. The fourth-order valence-corrected chi connectivity index (χ4v) is 4.85. The molecular formula is C32H52O15. The van der Waals surface area contributed by atoms with Crippen LogP contribution in [0.3, 0.4) is 0 Å². The van der Waals surface area contributed by atoms with Gasteiger partial charge in [0.15, 0.2) is 23.0 Å². The van der Waals surface area contributed by atoms with Crippen LogP contribution in [0.4, 0.5) is 0 Å². The summed E-state index contributed by atoms with van der Waals surface area (Å²) in [6, 6.07) is 10.1. The first-order valence-corrected chi connectivity index (χ1v) is 15.1. The first-order valence-electron chi connectivity index (χ1n) is 15.1. The van der Waals surface area contributed by atoms with Crippen molar-refractivity contribution in [2.24, 2.45) is 11.8 Å². The molecule has 15 nitrogen and oxygen atoms in total. The van der Waals surface area contributed by atoms with Gasteiger partial charge in [-0.1, -0.05) is 12.1 Å². The van der Waals surface area contributed by atoms with Crippen LogP contribution in [0.2, 0.25) is 0 Å². The Kier molecular flexibility index (Phi) is 20.4. The Morgan fingerprint density at radius 1 is 0.702 bits per heavy atom. The second-order valence-electron chi connectivity index (χ2n) is 11.0. The molecule has 0 saturated carbocycles. The van der Waals surface area contributed by atoms with Crippen LogP contribution in [-0.2, 0) is 22.3 Å². The van der Waals surface area contributed by atoms with Crippen molar-refractivity contribution >= 4 is 0 Å². The standard InChI is InChI=1S/C20H26O6.C6H12O4.C5H10O4.CH4O/c1-25-19-9-13(3-5-17(19)23)7-15(11-21)16(12-22)8-14-4-6-18(24)20(10-14)26-2;7-2-6-5(9)1-4(8)3-10-6;6-3-1-9-2-4(7)5(3)8;1-2/h3-6,9-10,15-16,21-24H,7-8,11-12H2,1-2H3;4-9H,1-3H2;3-8H,1-2H2;2H,1H3/t15-,16?;4?,5?,6-;;/m11../s1. The van der Waals surface area contributed by atoms with Gasteiger partial charge in [-0.15, -0.1) is 0 Å². The van der Waals surface area contributed by atoms with Crippen LogP contribution < -0.4 is 9.47 Å². The minimum absolute atomic E-state index is 0.0618. The van der Waals surface area contributed by atoms with Gasteiger partial charge in [0.2, 0.25) is 0 Å². The first kappa shape index (κ1) is 42.2. The molecule has 15 heteroatoms. The lowest BCUT2D eigenvalue weighted by molar-refractivity contribution is -0.150. The van der Waals surface area contributed by atoms with E-state index >= 15 is 0 Å². The smallest absolute Gasteiger partial charge is 0.160 e. The number of benzene rings is 2. The monoisotopic (exact) mass is 676 g/mol. The number of phenolic OH excluding ortho intramolecular Hbond substituents is 2. The van der Waals surface area contributed by atoms with E-state index in [0.29, 0.717) is 30.8 Å². The van der Waals surface area contributed by atoms with Crippen LogP contribution in [-0.4, -0.2) is 154 Å². The summed E-state index contributed by atoms with van der Waals surface area (Å²) in [6.07, 6.45) is -3.37. The highest BCUT2D eigenvalue weighted by Gasteiger charge is 2.29. The van der Waals surface area contributed by atoms with E-state index in [1.807, 2.05) is 0 Å². The topological polar surface area (TPSA) is 259 Å². The van der Waals surface area contributed by atoms with Crippen LogP contribution >= 0.6 is 0 Å². The number of aliphatic hydroxyl groups is 9. The number of aromatic hydroxyl groups is 2. The minimum Gasteiger partial charge on any atom is -0.504 e. The van der Waals surface area contributed by atoms with Crippen molar-refractivity contribution in [3.05, 3.63) is 47.5 Å². The molecule has 0 aliphatic carbocycles. The molecule has 0 aromatic heterocycles. The number of hydrogen-bond donors (Lipinski definition) is 11. The molecule has 2 aliphatic rings. The molecular weight excluding hydrogens is 624 g/mol. The zero-order chi connectivity index (χ0) is 35.5. The van der Waals surface area contributed by atoms with Crippen molar-refractivity contribution < 1.29 is 75.1 Å². The third-order valence-corrected chi connectivity index (χ3v) is 7.61. The predicted octanol–water partition coefficient (Wildman–Crippen LogP) is -1.69.